The number of rotatable bonds is 4. The Bertz CT molecular complexity index is 499. The van der Waals surface area contributed by atoms with Crippen LogP contribution in [0, 0.1) is 0 Å². The maximum absolute atomic E-state index is 11.8. The van der Waals surface area contributed by atoms with E-state index in [-0.39, 0.29) is 5.91 Å². The van der Waals surface area contributed by atoms with Gasteiger partial charge >= 0.3 is 0 Å². The quantitative estimate of drug-likeness (QED) is 0.737. The molecule has 0 saturated carbocycles. The van der Waals surface area contributed by atoms with Crippen LogP contribution in [0.15, 0.2) is 61.3 Å². The smallest absolute Gasteiger partial charge is 0.227 e. The van der Waals surface area contributed by atoms with Crippen LogP contribution in [0.1, 0.15) is 18.4 Å². The van der Waals surface area contributed by atoms with Crippen molar-refractivity contribution in [3.8, 4) is 0 Å². The molecule has 1 aliphatic heterocycles. The standard InChI is InChI=1S/C16H17NO/c1-3-14(13-9-6-5-7-10-13)15(4-2)17-12-8-11-16(17)18/h3-7,9-10H,1-2,8,11-12H2. The van der Waals surface area contributed by atoms with E-state index in [1.165, 1.54) is 0 Å². The molecule has 1 saturated heterocycles. The van der Waals surface area contributed by atoms with Crippen molar-refractivity contribution in [3.05, 3.63) is 66.9 Å². The monoisotopic (exact) mass is 239 g/mol. The third kappa shape index (κ3) is 2.28. The van der Waals surface area contributed by atoms with E-state index in [4.69, 9.17) is 0 Å². The lowest BCUT2D eigenvalue weighted by molar-refractivity contribution is -0.125. The number of nitrogens with zero attached hydrogens (tertiary/aromatic N) is 1. The van der Waals surface area contributed by atoms with Crippen molar-refractivity contribution < 1.29 is 4.79 Å². The van der Waals surface area contributed by atoms with Crippen molar-refractivity contribution in [1.82, 2.24) is 4.90 Å². The van der Waals surface area contributed by atoms with Crippen LogP contribution in [-0.2, 0) is 4.79 Å². The van der Waals surface area contributed by atoms with Gasteiger partial charge in [0.1, 0.15) is 0 Å². The predicted octanol–water partition coefficient (Wildman–Crippen LogP) is 3.39. The van der Waals surface area contributed by atoms with Gasteiger partial charge in [0.2, 0.25) is 5.91 Å². The molecule has 2 rings (SSSR count). The predicted molar refractivity (Wildman–Crippen MR) is 74.7 cm³/mol. The third-order valence-corrected chi connectivity index (χ3v) is 3.12. The van der Waals surface area contributed by atoms with Crippen LogP contribution < -0.4 is 0 Å². The number of carbonyl (C=O) groups excluding carboxylic acids is 1. The normalized spacial score (nSPS) is 16.4. The lowest BCUT2D eigenvalue weighted by Gasteiger charge is -2.20. The molecule has 0 atom stereocenters. The lowest BCUT2D eigenvalue weighted by Crippen LogP contribution is -2.23. The van der Waals surface area contributed by atoms with Crippen molar-refractivity contribution in [1.29, 1.82) is 0 Å². The molecule has 1 amide bonds. The summed E-state index contributed by atoms with van der Waals surface area (Å²) in [6, 6.07) is 9.96. The Morgan fingerprint density at radius 1 is 1.17 bits per heavy atom. The Morgan fingerprint density at radius 3 is 2.39 bits per heavy atom. The SMILES string of the molecule is C=CC(=C(C=C)N1CCCC1=O)c1ccccc1. The molecule has 0 bridgehead atoms. The van der Waals surface area contributed by atoms with Crippen LogP contribution in [0.5, 0.6) is 0 Å². The highest BCUT2D eigenvalue weighted by molar-refractivity contribution is 5.86. The molecule has 1 aliphatic rings. The number of carbonyl (C=O) groups is 1. The molecule has 0 unspecified atom stereocenters. The van der Waals surface area contributed by atoms with Gasteiger partial charge in [0.05, 0.1) is 5.70 Å². The van der Waals surface area contributed by atoms with Crippen molar-refractivity contribution >= 4 is 11.5 Å². The van der Waals surface area contributed by atoms with E-state index in [1.54, 1.807) is 17.1 Å². The van der Waals surface area contributed by atoms with Crippen molar-refractivity contribution in [2.75, 3.05) is 6.54 Å². The number of hydrogen-bond acceptors (Lipinski definition) is 1. The summed E-state index contributed by atoms with van der Waals surface area (Å²) in [6.07, 6.45) is 5.07. The summed E-state index contributed by atoms with van der Waals surface area (Å²) < 4.78 is 0. The summed E-state index contributed by atoms with van der Waals surface area (Å²) >= 11 is 0. The second-order valence-corrected chi connectivity index (χ2v) is 4.22. The molecule has 92 valence electrons. The van der Waals surface area contributed by atoms with Crippen LogP contribution in [-0.4, -0.2) is 17.4 Å². The first-order valence-electron chi connectivity index (χ1n) is 6.13. The summed E-state index contributed by atoms with van der Waals surface area (Å²) in [4.78, 5) is 13.6. The van der Waals surface area contributed by atoms with Gasteiger partial charge in [-0.05, 0) is 18.1 Å². The number of allylic oxidation sites excluding steroid dienone is 3. The second-order valence-electron chi connectivity index (χ2n) is 4.22. The van der Waals surface area contributed by atoms with Gasteiger partial charge in [-0.2, -0.15) is 0 Å². The van der Waals surface area contributed by atoms with Gasteiger partial charge in [-0.3, -0.25) is 4.79 Å². The van der Waals surface area contributed by atoms with Crippen LogP contribution >= 0.6 is 0 Å². The van der Waals surface area contributed by atoms with E-state index >= 15 is 0 Å². The Hall–Kier alpha value is -2.09. The first-order valence-corrected chi connectivity index (χ1v) is 6.13. The summed E-state index contributed by atoms with van der Waals surface area (Å²) in [7, 11) is 0. The fourth-order valence-electron chi connectivity index (χ4n) is 2.26. The summed E-state index contributed by atoms with van der Waals surface area (Å²) in [5, 5.41) is 0. The summed E-state index contributed by atoms with van der Waals surface area (Å²) in [5.74, 6) is 0.167. The average molecular weight is 239 g/mol. The Balaban J connectivity index is 2.49. The minimum absolute atomic E-state index is 0.167. The van der Waals surface area contributed by atoms with Gasteiger partial charge in [0, 0.05) is 18.5 Å². The summed E-state index contributed by atoms with van der Waals surface area (Å²) in [6.45, 7) is 8.46. The molecule has 1 fully saturated rings. The first-order chi connectivity index (χ1) is 8.77. The molecule has 0 aliphatic carbocycles. The highest BCUT2D eigenvalue weighted by Gasteiger charge is 2.23. The molecular formula is C16H17NO. The molecule has 0 aromatic heterocycles. The number of amides is 1. The average Bonchev–Trinajstić information content (AvgIpc) is 2.83. The molecular weight excluding hydrogens is 222 g/mol. The second kappa shape index (κ2) is 5.50. The van der Waals surface area contributed by atoms with E-state index in [0.29, 0.717) is 6.42 Å². The zero-order valence-corrected chi connectivity index (χ0v) is 10.4. The first kappa shape index (κ1) is 12.4. The molecule has 18 heavy (non-hydrogen) atoms. The number of likely N-dealkylation sites (tertiary alicyclic amines) is 1. The van der Waals surface area contributed by atoms with Crippen molar-refractivity contribution in [2.45, 2.75) is 12.8 Å². The van der Waals surface area contributed by atoms with Gasteiger partial charge < -0.3 is 4.90 Å². The molecule has 1 aromatic carbocycles. The summed E-state index contributed by atoms with van der Waals surface area (Å²) in [5.41, 5.74) is 2.88. The maximum atomic E-state index is 11.8. The van der Waals surface area contributed by atoms with Gasteiger partial charge in [-0.25, -0.2) is 0 Å². The maximum Gasteiger partial charge on any atom is 0.227 e. The van der Waals surface area contributed by atoms with Crippen LogP contribution in [0.4, 0.5) is 0 Å². The van der Waals surface area contributed by atoms with E-state index in [2.05, 4.69) is 13.2 Å². The van der Waals surface area contributed by atoms with E-state index in [0.717, 1.165) is 29.8 Å². The molecule has 0 N–H and O–H groups in total. The fourth-order valence-corrected chi connectivity index (χ4v) is 2.26. The largest absolute Gasteiger partial charge is 0.312 e. The molecule has 1 heterocycles. The highest BCUT2D eigenvalue weighted by Crippen LogP contribution is 2.26. The minimum atomic E-state index is 0.167. The highest BCUT2D eigenvalue weighted by atomic mass is 16.2. The Labute approximate surface area is 108 Å². The van der Waals surface area contributed by atoms with Crippen molar-refractivity contribution in [2.24, 2.45) is 0 Å². The Morgan fingerprint density at radius 2 is 1.89 bits per heavy atom. The zero-order valence-electron chi connectivity index (χ0n) is 10.4. The van der Waals surface area contributed by atoms with Crippen molar-refractivity contribution in [3.63, 3.8) is 0 Å². The fraction of sp³-hybridized carbons (Fsp3) is 0.188. The lowest BCUT2D eigenvalue weighted by atomic mass is 10.0. The van der Waals surface area contributed by atoms with Gasteiger partial charge in [0.25, 0.3) is 0 Å². The molecule has 2 nitrogen and oxygen atoms in total. The minimum Gasteiger partial charge on any atom is -0.312 e. The Kier molecular flexibility index (Phi) is 3.78. The van der Waals surface area contributed by atoms with Crippen LogP contribution in [0.25, 0.3) is 5.57 Å². The van der Waals surface area contributed by atoms with E-state index in [1.807, 2.05) is 30.3 Å². The topological polar surface area (TPSA) is 20.3 Å². The van der Waals surface area contributed by atoms with E-state index < -0.39 is 0 Å². The van der Waals surface area contributed by atoms with Crippen LogP contribution in [0.3, 0.4) is 0 Å². The molecule has 0 radical (unpaired) electrons. The van der Waals surface area contributed by atoms with Gasteiger partial charge in [-0.1, -0.05) is 49.6 Å². The molecule has 1 aromatic rings. The zero-order chi connectivity index (χ0) is 13.0. The van der Waals surface area contributed by atoms with Gasteiger partial charge in [0.15, 0.2) is 0 Å². The molecule has 2 heteroatoms. The van der Waals surface area contributed by atoms with E-state index in [9.17, 15) is 4.79 Å². The molecule has 0 spiro atoms. The third-order valence-electron chi connectivity index (χ3n) is 3.12. The van der Waals surface area contributed by atoms with Gasteiger partial charge in [-0.15, -0.1) is 0 Å². The number of hydrogen-bond donors (Lipinski definition) is 0. The van der Waals surface area contributed by atoms with Crippen LogP contribution in [0.2, 0.25) is 0 Å². The number of benzene rings is 1.